The fraction of sp³-hybridized carbons (Fsp3) is 0.0769. The molecule has 0 aliphatic carbocycles. The lowest BCUT2D eigenvalue weighted by Crippen LogP contribution is -2.13. The van der Waals surface area contributed by atoms with Crippen LogP contribution >= 0.6 is 27.5 Å². The molecule has 2 rings (SSSR count). The van der Waals surface area contributed by atoms with Crippen LogP contribution in [0.4, 0.5) is 5.69 Å². The number of rotatable bonds is 2. The number of benzene rings is 1. The third-order valence-electron chi connectivity index (χ3n) is 2.51. The third kappa shape index (κ3) is 3.24. The summed E-state index contributed by atoms with van der Waals surface area (Å²) in [7, 11) is 0. The molecule has 2 N–H and O–H groups in total. The Hall–Kier alpha value is -1.59. The number of carbonyl (C=O) groups excluding carboxylic acids is 1. The first-order chi connectivity index (χ1) is 8.97. The quantitative estimate of drug-likeness (QED) is 0.818. The fourth-order valence-electron chi connectivity index (χ4n) is 1.51. The minimum Gasteiger partial charge on any atom is -0.506 e. The number of carbonyl (C=O) groups is 1. The SMILES string of the molecule is Cc1nc(Br)ccc1NC(=O)c1ccc(O)c(Cl)c1. The van der Waals surface area contributed by atoms with Crippen LogP contribution in [0, 0.1) is 6.92 Å². The van der Waals surface area contributed by atoms with Crippen molar-refractivity contribution in [1.82, 2.24) is 4.98 Å². The first-order valence-corrected chi connectivity index (χ1v) is 6.57. The molecule has 0 radical (unpaired) electrons. The van der Waals surface area contributed by atoms with Crippen LogP contribution in [0.5, 0.6) is 5.75 Å². The molecule has 0 fully saturated rings. The number of hydrogen-bond acceptors (Lipinski definition) is 3. The summed E-state index contributed by atoms with van der Waals surface area (Å²) in [5, 5.41) is 12.2. The van der Waals surface area contributed by atoms with E-state index in [0.29, 0.717) is 21.5 Å². The molecular formula is C13H10BrClN2O2. The first-order valence-electron chi connectivity index (χ1n) is 5.40. The number of aromatic hydroxyl groups is 1. The van der Waals surface area contributed by atoms with E-state index in [4.69, 9.17) is 11.6 Å². The Balaban J connectivity index is 2.23. The molecule has 1 amide bonds. The molecule has 0 aliphatic heterocycles. The van der Waals surface area contributed by atoms with E-state index in [1.807, 2.05) is 0 Å². The van der Waals surface area contributed by atoms with Gasteiger partial charge in [0, 0.05) is 5.56 Å². The lowest BCUT2D eigenvalue weighted by molar-refractivity contribution is 0.102. The van der Waals surface area contributed by atoms with E-state index in [-0.39, 0.29) is 16.7 Å². The van der Waals surface area contributed by atoms with E-state index >= 15 is 0 Å². The van der Waals surface area contributed by atoms with Gasteiger partial charge >= 0.3 is 0 Å². The minimum absolute atomic E-state index is 0.0558. The summed E-state index contributed by atoms with van der Waals surface area (Å²) in [6.07, 6.45) is 0. The van der Waals surface area contributed by atoms with Crippen LogP contribution in [0.2, 0.25) is 5.02 Å². The smallest absolute Gasteiger partial charge is 0.255 e. The molecule has 0 bridgehead atoms. The Morgan fingerprint density at radius 3 is 2.74 bits per heavy atom. The zero-order valence-corrected chi connectivity index (χ0v) is 12.3. The van der Waals surface area contributed by atoms with Gasteiger partial charge in [-0.2, -0.15) is 0 Å². The molecule has 0 atom stereocenters. The van der Waals surface area contributed by atoms with E-state index in [1.165, 1.54) is 18.2 Å². The Bertz CT molecular complexity index is 647. The average Bonchev–Trinajstić information content (AvgIpc) is 2.36. The second kappa shape index (κ2) is 5.59. The summed E-state index contributed by atoms with van der Waals surface area (Å²) in [5.41, 5.74) is 1.69. The predicted octanol–water partition coefficient (Wildman–Crippen LogP) is 3.76. The van der Waals surface area contributed by atoms with Crippen molar-refractivity contribution in [3.8, 4) is 5.75 Å². The fourth-order valence-corrected chi connectivity index (χ4v) is 2.08. The van der Waals surface area contributed by atoms with E-state index < -0.39 is 0 Å². The van der Waals surface area contributed by atoms with Crippen molar-refractivity contribution in [2.45, 2.75) is 6.92 Å². The number of aryl methyl sites for hydroxylation is 1. The highest BCUT2D eigenvalue weighted by Gasteiger charge is 2.10. The standard InChI is InChI=1S/C13H10BrClN2O2/c1-7-10(3-5-12(14)16-7)17-13(19)8-2-4-11(18)9(15)6-8/h2-6,18H,1H3,(H,17,19). The second-order valence-corrected chi connectivity index (χ2v) is 5.11. The Morgan fingerprint density at radius 2 is 2.11 bits per heavy atom. The van der Waals surface area contributed by atoms with Gasteiger partial charge in [0.05, 0.1) is 16.4 Å². The van der Waals surface area contributed by atoms with Gasteiger partial charge in [0.1, 0.15) is 10.4 Å². The Kier molecular flexibility index (Phi) is 4.07. The van der Waals surface area contributed by atoms with Gasteiger partial charge in [-0.3, -0.25) is 4.79 Å². The molecule has 0 spiro atoms. The van der Waals surface area contributed by atoms with Crippen molar-refractivity contribution in [3.63, 3.8) is 0 Å². The van der Waals surface area contributed by atoms with Crippen LogP contribution in [-0.2, 0) is 0 Å². The highest BCUT2D eigenvalue weighted by atomic mass is 79.9. The van der Waals surface area contributed by atoms with Gasteiger partial charge in [0.2, 0.25) is 0 Å². The maximum atomic E-state index is 12.0. The van der Waals surface area contributed by atoms with Crippen molar-refractivity contribution in [2.75, 3.05) is 5.32 Å². The number of phenolic OH excluding ortho intramolecular Hbond substituents is 1. The monoisotopic (exact) mass is 340 g/mol. The molecule has 0 saturated heterocycles. The van der Waals surface area contributed by atoms with Crippen LogP contribution in [0.1, 0.15) is 16.1 Å². The van der Waals surface area contributed by atoms with Crippen LogP contribution in [0.25, 0.3) is 0 Å². The summed E-state index contributed by atoms with van der Waals surface area (Å²) in [6, 6.07) is 7.79. The molecule has 6 heteroatoms. The van der Waals surface area contributed by atoms with Crippen LogP contribution in [-0.4, -0.2) is 16.0 Å². The van der Waals surface area contributed by atoms with E-state index in [1.54, 1.807) is 19.1 Å². The van der Waals surface area contributed by atoms with E-state index in [9.17, 15) is 9.90 Å². The summed E-state index contributed by atoms with van der Waals surface area (Å²) < 4.78 is 0.704. The van der Waals surface area contributed by atoms with Crippen LogP contribution < -0.4 is 5.32 Å². The normalized spacial score (nSPS) is 10.3. The largest absolute Gasteiger partial charge is 0.506 e. The highest BCUT2D eigenvalue weighted by Crippen LogP contribution is 2.24. The molecule has 1 aromatic heterocycles. The summed E-state index contributed by atoms with van der Waals surface area (Å²) in [6.45, 7) is 1.80. The average molecular weight is 342 g/mol. The predicted molar refractivity (Wildman–Crippen MR) is 77.7 cm³/mol. The highest BCUT2D eigenvalue weighted by molar-refractivity contribution is 9.10. The number of phenols is 1. The molecule has 1 heterocycles. The van der Waals surface area contributed by atoms with Crippen molar-refractivity contribution >= 4 is 39.1 Å². The number of anilines is 1. The van der Waals surface area contributed by atoms with Gasteiger partial charge in [0.15, 0.2) is 0 Å². The summed E-state index contributed by atoms with van der Waals surface area (Å²) >= 11 is 9.02. The van der Waals surface area contributed by atoms with Gasteiger partial charge in [-0.1, -0.05) is 11.6 Å². The van der Waals surface area contributed by atoms with Gasteiger partial charge < -0.3 is 10.4 Å². The minimum atomic E-state index is -0.311. The Labute approximate surface area is 123 Å². The van der Waals surface area contributed by atoms with Crippen molar-refractivity contribution in [3.05, 3.63) is 51.2 Å². The van der Waals surface area contributed by atoms with Crippen molar-refractivity contribution in [1.29, 1.82) is 0 Å². The first kappa shape index (κ1) is 13.8. The molecule has 0 aliphatic rings. The second-order valence-electron chi connectivity index (χ2n) is 3.89. The van der Waals surface area contributed by atoms with Crippen molar-refractivity contribution < 1.29 is 9.90 Å². The third-order valence-corrected chi connectivity index (χ3v) is 3.25. The molecule has 2 aromatic rings. The number of pyridine rings is 1. The van der Waals surface area contributed by atoms with Gasteiger partial charge in [-0.05, 0) is 53.2 Å². The number of hydrogen-bond donors (Lipinski definition) is 2. The van der Waals surface area contributed by atoms with E-state index in [2.05, 4.69) is 26.2 Å². The molecule has 19 heavy (non-hydrogen) atoms. The number of nitrogens with zero attached hydrogens (tertiary/aromatic N) is 1. The number of halogens is 2. The number of aromatic nitrogens is 1. The Morgan fingerprint density at radius 1 is 1.37 bits per heavy atom. The zero-order chi connectivity index (χ0) is 14.0. The summed E-state index contributed by atoms with van der Waals surface area (Å²) in [4.78, 5) is 16.2. The number of nitrogens with one attached hydrogen (secondary N) is 1. The molecule has 0 saturated carbocycles. The van der Waals surface area contributed by atoms with Crippen LogP contribution in [0.3, 0.4) is 0 Å². The van der Waals surface area contributed by atoms with Gasteiger partial charge in [0.25, 0.3) is 5.91 Å². The van der Waals surface area contributed by atoms with E-state index in [0.717, 1.165) is 0 Å². The van der Waals surface area contributed by atoms with Gasteiger partial charge in [-0.25, -0.2) is 4.98 Å². The summed E-state index contributed by atoms with van der Waals surface area (Å²) in [5.74, 6) is -0.367. The van der Waals surface area contributed by atoms with Crippen LogP contribution in [0.15, 0.2) is 34.9 Å². The topological polar surface area (TPSA) is 62.2 Å². The lowest BCUT2D eigenvalue weighted by atomic mass is 10.2. The maximum Gasteiger partial charge on any atom is 0.255 e. The molecule has 0 unspecified atom stereocenters. The molecule has 98 valence electrons. The molecular weight excluding hydrogens is 332 g/mol. The zero-order valence-electron chi connectivity index (χ0n) is 9.95. The number of amides is 1. The maximum absolute atomic E-state index is 12.0. The molecule has 4 nitrogen and oxygen atoms in total. The lowest BCUT2D eigenvalue weighted by Gasteiger charge is -2.08. The van der Waals surface area contributed by atoms with Crippen molar-refractivity contribution in [2.24, 2.45) is 0 Å². The molecule has 1 aromatic carbocycles. The van der Waals surface area contributed by atoms with Gasteiger partial charge in [-0.15, -0.1) is 0 Å².